The van der Waals surface area contributed by atoms with E-state index >= 15 is 0 Å². The minimum Gasteiger partial charge on any atom is -0.452 e. The Morgan fingerprint density at radius 1 is 0.500 bits per heavy atom. The number of aromatic nitrogens is 5. The van der Waals surface area contributed by atoms with E-state index in [1.807, 2.05) is 109 Å². The van der Waals surface area contributed by atoms with Gasteiger partial charge in [-0.1, -0.05) is 91.0 Å². The number of halogens is 1. The highest BCUT2D eigenvalue weighted by molar-refractivity contribution is 6.29. The lowest BCUT2D eigenvalue weighted by molar-refractivity contribution is 0.667. The molecule has 0 aliphatic carbocycles. The van der Waals surface area contributed by atoms with Crippen LogP contribution >= 0.6 is 11.6 Å². The van der Waals surface area contributed by atoms with Gasteiger partial charge in [-0.2, -0.15) is 0 Å². The summed E-state index contributed by atoms with van der Waals surface area (Å²) in [4.78, 5) is 23.5. The van der Waals surface area contributed by atoms with E-state index in [-0.39, 0.29) is 5.28 Å². The van der Waals surface area contributed by atoms with Gasteiger partial charge in [-0.3, -0.25) is 0 Å². The first-order chi connectivity index (χ1) is 18.7. The third kappa shape index (κ3) is 3.97. The van der Waals surface area contributed by atoms with Gasteiger partial charge < -0.3 is 4.42 Å². The Labute approximate surface area is 222 Å². The molecule has 38 heavy (non-hydrogen) atoms. The van der Waals surface area contributed by atoms with Crippen molar-refractivity contribution in [2.45, 2.75) is 0 Å². The van der Waals surface area contributed by atoms with Gasteiger partial charge in [0.2, 0.25) is 5.28 Å². The van der Waals surface area contributed by atoms with Gasteiger partial charge in [0.15, 0.2) is 23.1 Å². The van der Waals surface area contributed by atoms with Crippen LogP contribution in [0.5, 0.6) is 0 Å². The molecule has 0 saturated heterocycles. The molecule has 0 unspecified atom stereocenters. The Kier molecular flexibility index (Phi) is 5.38. The molecule has 0 radical (unpaired) electrons. The van der Waals surface area contributed by atoms with E-state index in [9.17, 15) is 0 Å². The van der Waals surface area contributed by atoms with E-state index in [1.165, 1.54) is 0 Å². The number of nitrogens with zero attached hydrogens (tertiary/aromatic N) is 5. The summed E-state index contributed by atoms with van der Waals surface area (Å²) in [5.41, 5.74) is 6.06. The van der Waals surface area contributed by atoms with E-state index in [4.69, 9.17) is 31.0 Å². The van der Waals surface area contributed by atoms with Crippen molar-refractivity contribution in [2.75, 3.05) is 0 Å². The first kappa shape index (κ1) is 22.3. The van der Waals surface area contributed by atoms with Gasteiger partial charge in [0.05, 0.1) is 0 Å². The van der Waals surface area contributed by atoms with Crippen LogP contribution in [-0.2, 0) is 0 Å². The second-order valence-corrected chi connectivity index (χ2v) is 9.07. The highest BCUT2D eigenvalue weighted by Crippen LogP contribution is 2.35. The monoisotopic (exact) mass is 511 g/mol. The van der Waals surface area contributed by atoms with Crippen molar-refractivity contribution in [1.82, 2.24) is 24.9 Å². The lowest BCUT2D eigenvalue weighted by Gasteiger charge is -2.09. The van der Waals surface area contributed by atoms with E-state index in [0.29, 0.717) is 34.3 Å². The molecule has 4 aromatic carbocycles. The van der Waals surface area contributed by atoms with Crippen molar-refractivity contribution in [3.8, 4) is 45.4 Å². The fourth-order valence-electron chi connectivity index (χ4n) is 4.50. The number of para-hydroxylation sites is 1. The Morgan fingerprint density at radius 2 is 1.05 bits per heavy atom. The van der Waals surface area contributed by atoms with Crippen molar-refractivity contribution < 1.29 is 4.42 Å². The topological polar surface area (TPSA) is 77.6 Å². The van der Waals surface area contributed by atoms with Crippen molar-refractivity contribution in [3.63, 3.8) is 0 Å². The molecular formula is C31H18ClN5O. The second-order valence-electron chi connectivity index (χ2n) is 8.74. The van der Waals surface area contributed by atoms with Crippen LogP contribution in [0.4, 0.5) is 0 Å². The van der Waals surface area contributed by atoms with Crippen LogP contribution in [0.2, 0.25) is 5.28 Å². The van der Waals surface area contributed by atoms with Crippen LogP contribution in [0.3, 0.4) is 0 Å². The molecule has 0 amide bonds. The first-order valence-corrected chi connectivity index (χ1v) is 12.4. The summed E-state index contributed by atoms with van der Waals surface area (Å²) in [6.07, 6.45) is 0. The predicted molar refractivity (Wildman–Crippen MR) is 149 cm³/mol. The minimum absolute atomic E-state index is 0.155. The lowest BCUT2D eigenvalue weighted by Crippen LogP contribution is -2.00. The molecule has 6 nitrogen and oxygen atoms in total. The number of furan rings is 1. The average molecular weight is 512 g/mol. The third-order valence-electron chi connectivity index (χ3n) is 6.29. The SMILES string of the molecule is Clc1nc(-c2cccc(-c3nc(-c4ccccc4)nc(-c4ccccc4)n3)c2)c2oc3ccccc3c2n1. The molecule has 0 fully saturated rings. The summed E-state index contributed by atoms with van der Waals surface area (Å²) in [5, 5.41) is 1.05. The van der Waals surface area contributed by atoms with Gasteiger partial charge in [-0.25, -0.2) is 24.9 Å². The largest absolute Gasteiger partial charge is 0.452 e. The second kappa shape index (κ2) is 9.18. The summed E-state index contributed by atoms with van der Waals surface area (Å²) < 4.78 is 6.17. The van der Waals surface area contributed by atoms with Gasteiger partial charge >= 0.3 is 0 Å². The standard InChI is InChI=1S/C31H18ClN5O/c32-31-33-25(27-26(34-31)23-16-7-8-17-24(23)38-27)21-14-9-15-22(18-21)30-36-28(19-10-3-1-4-11-19)35-29(37-30)20-12-5-2-6-13-20/h1-18H. The first-order valence-electron chi connectivity index (χ1n) is 12.1. The Balaban J connectivity index is 1.41. The fraction of sp³-hybridized carbons (Fsp3) is 0. The summed E-state index contributed by atoms with van der Waals surface area (Å²) >= 11 is 6.37. The van der Waals surface area contributed by atoms with Crippen molar-refractivity contribution in [2.24, 2.45) is 0 Å². The van der Waals surface area contributed by atoms with Crippen molar-refractivity contribution in [1.29, 1.82) is 0 Å². The third-order valence-corrected chi connectivity index (χ3v) is 6.46. The van der Waals surface area contributed by atoms with Crippen molar-refractivity contribution in [3.05, 3.63) is 114 Å². The molecule has 3 aromatic heterocycles. The summed E-state index contributed by atoms with van der Waals surface area (Å²) in [5.74, 6) is 1.76. The molecule has 0 atom stereocenters. The average Bonchev–Trinajstić information content (AvgIpc) is 3.36. The fourth-order valence-corrected chi connectivity index (χ4v) is 4.67. The number of rotatable bonds is 4. The number of benzene rings is 4. The maximum Gasteiger partial charge on any atom is 0.223 e. The Hall–Kier alpha value is -4.94. The van der Waals surface area contributed by atoms with E-state index in [2.05, 4.69) is 9.97 Å². The van der Waals surface area contributed by atoms with Gasteiger partial charge in [0.1, 0.15) is 16.8 Å². The quantitative estimate of drug-likeness (QED) is 0.224. The van der Waals surface area contributed by atoms with Crippen LogP contribution in [0.15, 0.2) is 114 Å². The smallest absolute Gasteiger partial charge is 0.223 e. The predicted octanol–water partition coefficient (Wildman–Crippen LogP) is 7.88. The molecule has 3 heterocycles. The Bertz CT molecular complexity index is 1880. The molecular weight excluding hydrogens is 494 g/mol. The van der Waals surface area contributed by atoms with E-state index in [1.54, 1.807) is 0 Å². The van der Waals surface area contributed by atoms with Crippen LogP contribution in [0.1, 0.15) is 0 Å². The summed E-state index contributed by atoms with van der Waals surface area (Å²) in [6, 6.07) is 35.4. The highest BCUT2D eigenvalue weighted by atomic mass is 35.5. The van der Waals surface area contributed by atoms with Crippen molar-refractivity contribution >= 4 is 33.7 Å². The Morgan fingerprint density at radius 3 is 1.74 bits per heavy atom. The van der Waals surface area contributed by atoms with E-state index < -0.39 is 0 Å². The number of fused-ring (bicyclic) bond motifs is 3. The maximum atomic E-state index is 6.37. The molecule has 0 aliphatic heterocycles. The summed E-state index contributed by atoms with van der Waals surface area (Å²) in [6.45, 7) is 0. The maximum absolute atomic E-state index is 6.37. The molecule has 7 rings (SSSR count). The lowest BCUT2D eigenvalue weighted by atomic mass is 10.1. The molecule has 180 valence electrons. The molecule has 0 saturated carbocycles. The van der Waals surface area contributed by atoms with Gasteiger partial charge in [-0.05, 0) is 29.8 Å². The molecule has 0 bridgehead atoms. The molecule has 0 spiro atoms. The minimum atomic E-state index is 0.155. The van der Waals surface area contributed by atoms with Crippen LogP contribution in [-0.4, -0.2) is 24.9 Å². The number of hydrogen-bond acceptors (Lipinski definition) is 6. The molecule has 7 aromatic rings. The van der Waals surface area contributed by atoms with E-state index in [0.717, 1.165) is 33.2 Å². The zero-order valence-electron chi connectivity index (χ0n) is 19.9. The molecule has 0 N–H and O–H groups in total. The van der Waals surface area contributed by atoms with Crippen LogP contribution in [0.25, 0.3) is 67.5 Å². The van der Waals surface area contributed by atoms with Gasteiger partial charge in [0, 0.05) is 27.6 Å². The number of hydrogen-bond donors (Lipinski definition) is 0. The molecule has 7 heteroatoms. The summed E-state index contributed by atoms with van der Waals surface area (Å²) in [7, 11) is 0. The van der Waals surface area contributed by atoms with Gasteiger partial charge in [-0.15, -0.1) is 0 Å². The zero-order chi connectivity index (χ0) is 25.5. The van der Waals surface area contributed by atoms with Crippen LogP contribution < -0.4 is 0 Å². The molecule has 0 aliphatic rings. The normalized spacial score (nSPS) is 11.3. The van der Waals surface area contributed by atoms with Crippen LogP contribution in [0, 0.1) is 0 Å². The van der Waals surface area contributed by atoms with Gasteiger partial charge in [0.25, 0.3) is 0 Å². The highest BCUT2D eigenvalue weighted by Gasteiger charge is 2.18. The zero-order valence-corrected chi connectivity index (χ0v) is 20.7.